The minimum Gasteiger partial charge on any atom is -0.394 e. The van der Waals surface area contributed by atoms with Crippen molar-refractivity contribution < 1.29 is 104 Å². The van der Waals surface area contributed by atoms with Crippen LogP contribution in [-0.2, 0) is 47.4 Å². The van der Waals surface area contributed by atoms with Crippen LogP contribution in [0, 0.1) is 0 Å². The molecule has 4 fully saturated rings. The predicted octanol–water partition coefficient (Wildman–Crippen LogP) is -4.23. The number of nitrogens with zero attached hydrogens (tertiary/aromatic N) is 2. The Balaban J connectivity index is 1.35. The molecule has 0 bridgehead atoms. The largest absolute Gasteiger partial charge is 0.394 e. The highest BCUT2D eigenvalue weighted by atomic mass is 16.8. The van der Waals surface area contributed by atoms with Crippen LogP contribution in [0.5, 0.6) is 0 Å². The second-order valence-corrected chi connectivity index (χ2v) is 16.9. The van der Waals surface area contributed by atoms with Crippen molar-refractivity contribution in [2.45, 2.75) is 201 Å². The summed E-state index contributed by atoms with van der Waals surface area (Å²) < 4.78 is 52.9. The molecule has 4 saturated heterocycles. The zero-order valence-corrected chi connectivity index (χ0v) is 35.8. The topological polar surface area (TPSA) is 359 Å². The van der Waals surface area contributed by atoms with E-state index in [4.69, 9.17) is 42.6 Å². The average molecular weight is 916 g/mol. The quantitative estimate of drug-likeness (QED) is 0.0408. The van der Waals surface area contributed by atoms with Gasteiger partial charge in [-0.3, -0.25) is 4.79 Å². The van der Waals surface area contributed by atoms with Crippen molar-refractivity contribution in [1.82, 2.24) is 5.32 Å². The van der Waals surface area contributed by atoms with Gasteiger partial charge in [-0.15, -0.1) is 0 Å². The summed E-state index contributed by atoms with van der Waals surface area (Å²) in [6.07, 6.45) is -24.4. The van der Waals surface area contributed by atoms with Crippen molar-refractivity contribution >= 4 is 5.91 Å². The van der Waals surface area contributed by atoms with Gasteiger partial charge in [-0.1, -0.05) is 39.0 Å². The number of hydrogen-bond acceptors (Lipinski definition) is 23. The number of aliphatic hydroxyl groups is 11. The maximum atomic E-state index is 12.1. The summed E-state index contributed by atoms with van der Waals surface area (Å²) in [4.78, 5) is 12.1. The fraction of sp³-hybridized carbons (Fsp3) is 0.974. The second kappa shape index (κ2) is 24.3. The summed E-state index contributed by atoms with van der Waals surface area (Å²) in [5.74, 6) is -0.683. The zero-order valence-electron chi connectivity index (χ0n) is 35.8. The Morgan fingerprint density at radius 2 is 1.06 bits per heavy atom. The van der Waals surface area contributed by atoms with Crippen LogP contribution in [0.25, 0.3) is 0 Å². The highest BCUT2D eigenvalue weighted by Crippen LogP contribution is 2.35. The van der Waals surface area contributed by atoms with E-state index in [2.05, 4.69) is 22.5 Å². The third-order valence-corrected chi connectivity index (χ3v) is 11.9. The molecule has 0 aliphatic carbocycles. The molecule has 5 heterocycles. The normalized spacial score (nSPS) is 42.6. The van der Waals surface area contributed by atoms with E-state index in [1.54, 1.807) is 0 Å². The molecule has 0 aromatic carbocycles. The van der Waals surface area contributed by atoms with Crippen molar-refractivity contribution in [3.8, 4) is 0 Å². The monoisotopic (exact) mass is 915 g/mol. The fourth-order valence-electron chi connectivity index (χ4n) is 8.02. The molecule has 5 aliphatic heterocycles. The predicted molar refractivity (Wildman–Crippen MR) is 209 cm³/mol. The van der Waals surface area contributed by atoms with Gasteiger partial charge in [0.15, 0.2) is 30.8 Å². The Morgan fingerprint density at radius 3 is 1.70 bits per heavy atom. The summed E-state index contributed by atoms with van der Waals surface area (Å²) in [6, 6.07) is -1.51. The summed E-state index contributed by atoms with van der Waals surface area (Å²) in [5, 5.41) is 129. The number of carbonyl (C=O) groups is 1. The van der Waals surface area contributed by atoms with E-state index in [9.17, 15) is 61.0 Å². The molecular formula is C39H69N3O21. The van der Waals surface area contributed by atoms with E-state index in [0.717, 1.165) is 39.0 Å². The number of unbranched alkanes of at least 4 members (excludes halogenated alkanes) is 5. The number of rotatable bonds is 24. The van der Waals surface area contributed by atoms with Crippen LogP contribution in [0.2, 0.25) is 0 Å². The number of hydrogen-bond donors (Lipinski definition) is 12. The van der Waals surface area contributed by atoms with E-state index in [1.165, 1.54) is 0 Å². The van der Waals surface area contributed by atoms with Gasteiger partial charge in [-0.2, -0.15) is 10.2 Å². The van der Waals surface area contributed by atoms with Crippen LogP contribution in [0.1, 0.15) is 72.1 Å². The minimum absolute atomic E-state index is 0.103. The van der Waals surface area contributed by atoms with Gasteiger partial charge in [0.1, 0.15) is 97.6 Å². The SMILES string of the molecule is CCCCCCCCO[C@@H]1O[C@H](CO[C@H]2O[C@H](CO)[C@@H](O)[C@H](OCCCC3(C)N=N3)[C@@H]2O)[C@@H](O)[C@H](O[C@H]2O[C@H](CO)[C@@H](O)[C@H](O)[C@@H]2O[C@@H]2O[C@H](CO)[C@@H](O)[C@H](O)[C@H]2NC(C)=O)[C@@H]1O. The lowest BCUT2D eigenvalue weighted by Gasteiger charge is -2.49. The molecule has 24 nitrogen and oxygen atoms in total. The van der Waals surface area contributed by atoms with E-state index >= 15 is 0 Å². The molecule has 0 spiro atoms. The van der Waals surface area contributed by atoms with E-state index in [1.807, 2.05) is 6.92 Å². The first-order valence-corrected chi connectivity index (χ1v) is 21.8. The van der Waals surface area contributed by atoms with Gasteiger partial charge >= 0.3 is 0 Å². The smallest absolute Gasteiger partial charge is 0.217 e. The molecule has 63 heavy (non-hydrogen) atoms. The summed E-state index contributed by atoms with van der Waals surface area (Å²) in [5.41, 5.74) is -0.487. The first-order valence-electron chi connectivity index (χ1n) is 21.8. The molecule has 0 aromatic rings. The van der Waals surface area contributed by atoms with Gasteiger partial charge in [-0.25, -0.2) is 0 Å². The number of ether oxygens (including phenoxy) is 9. The van der Waals surface area contributed by atoms with Crippen LogP contribution < -0.4 is 5.32 Å². The van der Waals surface area contributed by atoms with Gasteiger partial charge in [0.25, 0.3) is 0 Å². The van der Waals surface area contributed by atoms with Crippen molar-refractivity contribution in [2.24, 2.45) is 10.2 Å². The Morgan fingerprint density at radius 1 is 0.556 bits per heavy atom. The lowest BCUT2D eigenvalue weighted by atomic mass is 9.95. The number of amides is 1. The van der Waals surface area contributed by atoms with Crippen LogP contribution in [0.3, 0.4) is 0 Å². The zero-order chi connectivity index (χ0) is 46.0. The van der Waals surface area contributed by atoms with Crippen molar-refractivity contribution in [3.05, 3.63) is 0 Å². The van der Waals surface area contributed by atoms with Crippen molar-refractivity contribution in [2.75, 3.05) is 39.6 Å². The molecule has 0 radical (unpaired) electrons. The van der Waals surface area contributed by atoms with Gasteiger partial charge in [0, 0.05) is 20.1 Å². The third-order valence-electron chi connectivity index (χ3n) is 11.9. The summed E-state index contributed by atoms with van der Waals surface area (Å²) >= 11 is 0. The van der Waals surface area contributed by atoms with Crippen molar-refractivity contribution in [3.63, 3.8) is 0 Å². The molecule has 0 aromatic heterocycles. The molecule has 12 N–H and O–H groups in total. The molecule has 1 amide bonds. The molecule has 366 valence electrons. The maximum Gasteiger partial charge on any atom is 0.217 e. The second-order valence-electron chi connectivity index (χ2n) is 16.9. The number of nitrogens with one attached hydrogen (secondary N) is 1. The first-order chi connectivity index (χ1) is 30.1. The molecule has 5 aliphatic rings. The maximum absolute atomic E-state index is 12.1. The molecule has 24 heteroatoms. The van der Waals surface area contributed by atoms with Crippen molar-refractivity contribution in [1.29, 1.82) is 0 Å². The Labute approximate surface area is 364 Å². The summed E-state index contributed by atoms with van der Waals surface area (Å²) in [6.45, 7) is 2.37. The van der Waals surface area contributed by atoms with Crippen LogP contribution >= 0.6 is 0 Å². The average Bonchev–Trinajstić information content (AvgIpc) is 4.00. The Bertz CT molecular complexity index is 1400. The molecule has 0 unspecified atom stereocenters. The number of carbonyl (C=O) groups excluding carboxylic acids is 1. The van der Waals surface area contributed by atoms with E-state index in [0.29, 0.717) is 19.3 Å². The third kappa shape index (κ3) is 13.5. The van der Waals surface area contributed by atoms with Gasteiger partial charge < -0.3 is 104 Å². The Kier molecular flexibility index (Phi) is 20.2. The molecule has 5 rings (SSSR count). The van der Waals surface area contributed by atoms with Crippen LogP contribution in [0.15, 0.2) is 10.2 Å². The van der Waals surface area contributed by atoms with Gasteiger partial charge in [0.2, 0.25) is 5.91 Å². The number of aliphatic hydroxyl groups excluding tert-OH is 11. The fourth-order valence-corrected chi connectivity index (χ4v) is 8.02. The highest BCUT2D eigenvalue weighted by Gasteiger charge is 2.55. The van der Waals surface area contributed by atoms with Crippen LogP contribution in [-0.4, -0.2) is 230 Å². The molecule has 20 atom stereocenters. The molecule has 0 saturated carbocycles. The minimum atomic E-state index is -1.95. The standard InChI is InChI=1S/C39H69N3O21/c1-4-5-6-7-8-9-12-56-36-31(54)33(27(50)22(61-36)17-57-37-30(53)32(26(49)21(16-45)59-37)55-13-10-11-39(3)41-42-39)62-38-34(29(52)25(48)20(15-44)60-38)63-35-23(40-18(2)46)28(51)24(47)19(14-43)58-35/h19-38,43-45,47-54H,4-17H2,1-3H3,(H,40,46)/t19-,20-,21-,22-,23-,24-,25-,26-,27-,28-,29+,30+,31+,32+,33+,34+,35+,36-,37+,38-/m1/s1. The lowest BCUT2D eigenvalue weighted by molar-refractivity contribution is -0.385. The Hall–Kier alpha value is -1.73. The van der Waals surface area contributed by atoms with E-state index in [-0.39, 0.29) is 13.2 Å². The molecular weight excluding hydrogens is 846 g/mol. The van der Waals surface area contributed by atoms with E-state index < -0.39 is 161 Å². The first kappa shape index (κ1) is 52.2. The highest BCUT2D eigenvalue weighted by molar-refractivity contribution is 5.73. The van der Waals surface area contributed by atoms with Gasteiger partial charge in [-0.05, 0) is 26.2 Å². The lowest BCUT2D eigenvalue weighted by Crippen LogP contribution is -2.68. The van der Waals surface area contributed by atoms with Crippen LogP contribution in [0.4, 0.5) is 0 Å². The summed E-state index contributed by atoms with van der Waals surface area (Å²) in [7, 11) is 0. The van der Waals surface area contributed by atoms with Gasteiger partial charge in [0.05, 0.1) is 26.4 Å².